The Morgan fingerprint density at radius 1 is 1.56 bits per heavy atom. The number of hydrogen-bond acceptors (Lipinski definition) is 4. The van der Waals surface area contributed by atoms with Crippen LogP contribution in [0.25, 0.3) is 0 Å². The predicted molar refractivity (Wildman–Crippen MR) is 62.8 cm³/mol. The second-order valence-corrected chi connectivity index (χ2v) is 5.43. The molecule has 1 aromatic heterocycles. The minimum Gasteiger partial charge on any atom is -0.395 e. The Morgan fingerprint density at radius 2 is 2.31 bits per heavy atom. The first-order chi connectivity index (χ1) is 7.61. The fraction of sp³-hybridized carbons (Fsp3) is 0.600. The van der Waals surface area contributed by atoms with Crippen LogP contribution >= 0.6 is 11.8 Å². The summed E-state index contributed by atoms with van der Waals surface area (Å²) >= 11 is 1.58. The Kier molecular flexibility index (Phi) is 3.20. The van der Waals surface area contributed by atoms with E-state index in [1.165, 1.54) is 0 Å². The van der Waals surface area contributed by atoms with E-state index in [4.69, 9.17) is 5.11 Å². The minimum absolute atomic E-state index is 0.0280. The van der Waals surface area contributed by atoms with E-state index in [0.29, 0.717) is 5.56 Å². The fourth-order valence-electron chi connectivity index (χ4n) is 1.83. The van der Waals surface area contributed by atoms with Gasteiger partial charge < -0.3 is 5.11 Å². The quantitative estimate of drug-likeness (QED) is 0.778. The molecule has 0 spiro atoms. The smallest absolute Gasteiger partial charge is 0.329 e. The van der Waals surface area contributed by atoms with Crippen LogP contribution in [0.4, 0.5) is 0 Å². The number of nitrogens with zero attached hydrogens (tertiary/aromatic N) is 1. The van der Waals surface area contributed by atoms with Crippen molar-refractivity contribution in [3.63, 3.8) is 0 Å². The Morgan fingerprint density at radius 3 is 2.94 bits per heavy atom. The van der Waals surface area contributed by atoms with E-state index in [1.54, 1.807) is 29.4 Å². The molecule has 2 N–H and O–H groups in total. The van der Waals surface area contributed by atoms with Crippen LogP contribution in [0.1, 0.15) is 23.8 Å². The average Bonchev–Trinajstić information content (AvgIpc) is 2.71. The molecule has 0 unspecified atom stereocenters. The molecule has 1 saturated heterocycles. The first-order valence-corrected chi connectivity index (χ1v) is 6.14. The van der Waals surface area contributed by atoms with Crippen molar-refractivity contribution in [1.29, 1.82) is 0 Å². The molecular formula is C10H14N2O3S. The van der Waals surface area contributed by atoms with Gasteiger partial charge in [0.1, 0.15) is 0 Å². The molecule has 2 rings (SSSR count). The first kappa shape index (κ1) is 11.5. The van der Waals surface area contributed by atoms with Crippen molar-refractivity contribution in [2.24, 2.45) is 0 Å². The van der Waals surface area contributed by atoms with Gasteiger partial charge in [0.2, 0.25) is 0 Å². The lowest BCUT2D eigenvalue weighted by Gasteiger charge is -2.13. The Bertz CT molecular complexity index is 494. The zero-order valence-corrected chi connectivity index (χ0v) is 9.79. The third-order valence-electron chi connectivity index (χ3n) is 2.74. The summed E-state index contributed by atoms with van der Waals surface area (Å²) in [4.78, 5) is 25.1. The maximum Gasteiger partial charge on any atom is 0.329 e. The standard InChI is InChI=1S/C10H14N2O3S/c1-6-4-12(10(15)11-9(6)14)8-3-2-7(5-13)16-8/h4,7-8,13H,2-3,5H2,1H3,(H,11,14,15)/t7-,8-/m1/s1. The molecule has 5 nitrogen and oxygen atoms in total. The molecule has 0 amide bonds. The molecule has 0 bridgehead atoms. The Hall–Kier alpha value is -1.01. The van der Waals surface area contributed by atoms with Gasteiger partial charge in [-0.25, -0.2) is 4.79 Å². The van der Waals surface area contributed by atoms with Gasteiger partial charge in [-0.15, -0.1) is 11.8 Å². The second kappa shape index (κ2) is 4.47. The van der Waals surface area contributed by atoms with Gasteiger partial charge in [0.25, 0.3) is 5.56 Å². The number of aliphatic hydroxyl groups is 1. The van der Waals surface area contributed by atoms with Crippen LogP contribution < -0.4 is 11.2 Å². The number of H-pyrrole nitrogens is 1. The van der Waals surface area contributed by atoms with Crippen molar-refractivity contribution in [2.45, 2.75) is 30.4 Å². The highest BCUT2D eigenvalue weighted by molar-refractivity contribution is 8.00. The summed E-state index contributed by atoms with van der Waals surface area (Å²) in [5, 5.41) is 9.26. The van der Waals surface area contributed by atoms with Crippen LogP contribution in [0, 0.1) is 6.92 Å². The number of rotatable bonds is 2. The number of aliphatic hydroxyl groups excluding tert-OH is 1. The van der Waals surface area contributed by atoms with Crippen molar-refractivity contribution in [3.8, 4) is 0 Å². The molecular weight excluding hydrogens is 228 g/mol. The van der Waals surface area contributed by atoms with Crippen molar-refractivity contribution < 1.29 is 5.11 Å². The van der Waals surface area contributed by atoms with Crippen molar-refractivity contribution >= 4 is 11.8 Å². The largest absolute Gasteiger partial charge is 0.395 e. The zero-order valence-electron chi connectivity index (χ0n) is 8.97. The molecule has 16 heavy (non-hydrogen) atoms. The van der Waals surface area contributed by atoms with E-state index in [1.807, 2.05) is 0 Å². The van der Waals surface area contributed by atoms with Crippen LogP contribution in [-0.2, 0) is 0 Å². The molecule has 1 aliphatic rings. The molecule has 0 saturated carbocycles. The molecule has 2 atom stereocenters. The van der Waals surface area contributed by atoms with Crippen LogP contribution in [0.3, 0.4) is 0 Å². The predicted octanol–water partition coefficient (Wildman–Crippen LogP) is 0.232. The normalized spacial score (nSPS) is 24.9. The van der Waals surface area contributed by atoms with Gasteiger partial charge in [-0.1, -0.05) is 0 Å². The number of thioether (sulfide) groups is 1. The summed E-state index contributed by atoms with van der Waals surface area (Å²) < 4.78 is 1.55. The second-order valence-electron chi connectivity index (χ2n) is 3.95. The summed E-state index contributed by atoms with van der Waals surface area (Å²) in [6.45, 7) is 1.82. The highest BCUT2D eigenvalue weighted by atomic mass is 32.2. The van der Waals surface area contributed by atoms with Crippen molar-refractivity contribution in [2.75, 3.05) is 6.61 Å². The van der Waals surface area contributed by atoms with Crippen molar-refractivity contribution in [1.82, 2.24) is 9.55 Å². The van der Waals surface area contributed by atoms with Gasteiger partial charge in [0, 0.05) is 17.0 Å². The van der Waals surface area contributed by atoms with Crippen LogP contribution in [0.2, 0.25) is 0 Å². The zero-order chi connectivity index (χ0) is 11.7. The van der Waals surface area contributed by atoms with E-state index in [-0.39, 0.29) is 28.5 Å². The monoisotopic (exact) mass is 242 g/mol. The van der Waals surface area contributed by atoms with E-state index < -0.39 is 0 Å². The highest BCUT2D eigenvalue weighted by Gasteiger charge is 2.26. The maximum atomic E-state index is 11.6. The van der Waals surface area contributed by atoms with Crippen molar-refractivity contribution in [3.05, 3.63) is 32.6 Å². The minimum atomic E-state index is -0.369. The van der Waals surface area contributed by atoms with E-state index in [9.17, 15) is 9.59 Å². The molecule has 88 valence electrons. The number of aryl methyl sites for hydroxylation is 1. The third-order valence-corrected chi connectivity index (χ3v) is 4.29. The Labute approximate surface area is 96.5 Å². The molecule has 1 fully saturated rings. The molecule has 1 aliphatic heterocycles. The molecule has 1 aromatic rings. The molecule has 0 aromatic carbocycles. The van der Waals surface area contributed by atoms with Gasteiger partial charge in [0.05, 0.1) is 12.0 Å². The Balaban J connectivity index is 2.32. The summed E-state index contributed by atoms with van der Waals surface area (Å²) in [6.07, 6.45) is 3.34. The van der Waals surface area contributed by atoms with Gasteiger partial charge in [0.15, 0.2) is 0 Å². The van der Waals surface area contributed by atoms with Gasteiger partial charge >= 0.3 is 5.69 Å². The average molecular weight is 242 g/mol. The number of aromatic nitrogens is 2. The summed E-state index contributed by atoms with van der Waals surface area (Å²) in [7, 11) is 0. The van der Waals surface area contributed by atoms with Crippen LogP contribution in [-0.4, -0.2) is 26.5 Å². The maximum absolute atomic E-state index is 11.6. The number of nitrogens with one attached hydrogen (secondary N) is 1. The highest BCUT2D eigenvalue weighted by Crippen LogP contribution is 2.40. The van der Waals surface area contributed by atoms with E-state index >= 15 is 0 Å². The summed E-state index contributed by atoms with van der Waals surface area (Å²) in [5.74, 6) is 0. The summed E-state index contributed by atoms with van der Waals surface area (Å²) in [6, 6.07) is 0. The SMILES string of the molecule is Cc1cn([C@H]2CC[C@H](CO)S2)c(=O)[nH]c1=O. The number of aromatic amines is 1. The summed E-state index contributed by atoms with van der Waals surface area (Å²) in [5.41, 5.74) is -0.165. The first-order valence-electron chi connectivity index (χ1n) is 5.20. The van der Waals surface area contributed by atoms with Gasteiger partial charge in [-0.2, -0.15) is 0 Å². The lowest BCUT2D eigenvalue weighted by molar-refractivity contribution is 0.292. The van der Waals surface area contributed by atoms with Gasteiger partial charge in [-0.3, -0.25) is 14.3 Å². The van der Waals surface area contributed by atoms with E-state index in [2.05, 4.69) is 4.98 Å². The lowest BCUT2D eigenvalue weighted by atomic mass is 10.2. The molecule has 0 radical (unpaired) electrons. The molecule has 6 heteroatoms. The molecule has 0 aliphatic carbocycles. The van der Waals surface area contributed by atoms with Crippen LogP contribution in [0.15, 0.2) is 15.8 Å². The third kappa shape index (κ3) is 2.08. The fourth-order valence-corrected chi connectivity index (χ4v) is 3.19. The topological polar surface area (TPSA) is 75.1 Å². The van der Waals surface area contributed by atoms with E-state index in [0.717, 1.165) is 12.8 Å². The van der Waals surface area contributed by atoms with Crippen LogP contribution in [0.5, 0.6) is 0 Å². The lowest BCUT2D eigenvalue weighted by Crippen LogP contribution is -2.31. The number of hydrogen-bond donors (Lipinski definition) is 2. The molecule has 2 heterocycles. The van der Waals surface area contributed by atoms with Gasteiger partial charge in [-0.05, 0) is 19.8 Å².